The normalized spacial score (nSPS) is 16.9. The van der Waals surface area contributed by atoms with Crippen LogP contribution in [0.4, 0.5) is 0 Å². The van der Waals surface area contributed by atoms with Crippen LogP contribution in [0.1, 0.15) is 20.8 Å². The second kappa shape index (κ2) is 5.29. The second-order valence-corrected chi connectivity index (χ2v) is 4.12. The summed E-state index contributed by atoms with van der Waals surface area (Å²) in [5, 5.41) is 0. The Balaban J connectivity index is 2.99. The predicted octanol–water partition coefficient (Wildman–Crippen LogP) is 2.63. The third-order valence-corrected chi connectivity index (χ3v) is 2.74. The SMILES string of the molecule is [2H][C@H](OC)[C@H](OC)C(C)(C)c1ccccc1. The van der Waals surface area contributed by atoms with Crippen LogP contribution in [0.15, 0.2) is 30.3 Å². The maximum atomic E-state index is 7.84. The Morgan fingerprint density at radius 1 is 1.27 bits per heavy atom. The highest BCUT2D eigenvalue weighted by molar-refractivity contribution is 5.25. The first-order chi connectivity index (χ1) is 7.54. The van der Waals surface area contributed by atoms with Gasteiger partial charge in [-0.1, -0.05) is 44.2 Å². The van der Waals surface area contributed by atoms with Gasteiger partial charge in [-0.25, -0.2) is 0 Å². The first-order valence-electron chi connectivity index (χ1n) is 5.65. The van der Waals surface area contributed by atoms with Crippen molar-refractivity contribution in [1.29, 1.82) is 0 Å². The van der Waals surface area contributed by atoms with Crippen molar-refractivity contribution in [3.63, 3.8) is 0 Å². The van der Waals surface area contributed by atoms with Gasteiger partial charge in [0, 0.05) is 19.6 Å². The molecule has 0 amide bonds. The Bertz CT molecular complexity index is 311. The Morgan fingerprint density at radius 3 is 2.33 bits per heavy atom. The third-order valence-electron chi connectivity index (χ3n) is 2.74. The lowest BCUT2D eigenvalue weighted by Crippen LogP contribution is -2.38. The van der Waals surface area contributed by atoms with Crippen molar-refractivity contribution in [3.05, 3.63) is 35.9 Å². The fourth-order valence-corrected chi connectivity index (χ4v) is 1.68. The quantitative estimate of drug-likeness (QED) is 0.742. The van der Waals surface area contributed by atoms with Crippen molar-refractivity contribution in [1.82, 2.24) is 0 Å². The molecule has 2 nitrogen and oxygen atoms in total. The van der Waals surface area contributed by atoms with Gasteiger partial charge in [-0.3, -0.25) is 0 Å². The minimum atomic E-state index is -0.680. The molecule has 0 saturated heterocycles. The summed E-state index contributed by atoms with van der Waals surface area (Å²) < 4.78 is 18.3. The van der Waals surface area contributed by atoms with Gasteiger partial charge >= 0.3 is 0 Å². The van der Waals surface area contributed by atoms with Crippen molar-refractivity contribution < 1.29 is 10.8 Å². The molecule has 15 heavy (non-hydrogen) atoms. The van der Waals surface area contributed by atoms with Crippen molar-refractivity contribution in [3.8, 4) is 0 Å². The molecule has 1 rings (SSSR count). The van der Waals surface area contributed by atoms with Crippen LogP contribution in [-0.2, 0) is 14.9 Å². The fourth-order valence-electron chi connectivity index (χ4n) is 1.68. The van der Waals surface area contributed by atoms with E-state index >= 15 is 0 Å². The molecule has 0 fully saturated rings. The smallest absolute Gasteiger partial charge is 0.0895 e. The van der Waals surface area contributed by atoms with Gasteiger partial charge in [0.25, 0.3) is 0 Å². The fraction of sp³-hybridized carbons (Fsp3) is 0.538. The van der Waals surface area contributed by atoms with Crippen LogP contribution in [0.2, 0.25) is 0 Å². The monoisotopic (exact) mass is 209 g/mol. The number of hydrogen-bond donors (Lipinski definition) is 0. The van der Waals surface area contributed by atoms with Gasteiger partial charge < -0.3 is 9.47 Å². The summed E-state index contributed by atoms with van der Waals surface area (Å²) in [5.74, 6) is 0. The average Bonchev–Trinajstić information content (AvgIpc) is 2.30. The molecule has 0 unspecified atom stereocenters. The number of hydrogen-bond acceptors (Lipinski definition) is 2. The van der Waals surface area contributed by atoms with Crippen LogP contribution in [0.3, 0.4) is 0 Å². The largest absolute Gasteiger partial charge is 0.382 e. The van der Waals surface area contributed by atoms with E-state index < -0.39 is 6.58 Å². The standard InChI is InChI=1S/C13H20O2/c1-13(2,12(15-4)10-14-3)11-8-6-5-7-9-11/h5-9,12H,10H2,1-4H3/t12-/m0/s1/i10D/t10-,12-. The molecular formula is C13H20O2. The van der Waals surface area contributed by atoms with Gasteiger partial charge in [0.15, 0.2) is 0 Å². The Kier molecular flexibility index (Phi) is 3.75. The molecule has 84 valence electrons. The molecule has 2 heteroatoms. The molecule has 0 aliphatic rings. The summed E-state index contributed by atoms with van der Waals surface area (Å²) in [6.07, 6.45) is -0.292. The summed E-state index contributed by atoms with van der Waals surface area (Å²) >= 11 is 0. The summed E-state index contributed by atoms with van der Waals surface area (Å²) in [5.41, 5.74) is 0.898. The van der Waals surface area contributed by atoms with Crippen LogP contribution in [-0.4, -0.2) is 26.9 Å². The van der Waals surface area contributed by atoms with E-state index in [1.165, 1.54) is 7.11 Å². The minimum absolute atomic E-state index is 0.252. The van der Waals surface area contributed by atoms with E-state index in [1.807, 2.05) is 18.2 Å². The van der Waals surface area contributed by atoms with Gasteiger partial charge in [-0.05, 0) is 5.56 Å². The number of benzene rings is 1. The zero-order valence-corrected chi connectivity index (χ0v) is 9.86. The summed E-state index contributed by atoms with van der Waals surface area (Å²) in [7, 11) is 3.15. The van der Waals surface area contributed by atoms with Gasteiger partial charge in [0.1, 0.15) is 0 Å². The molecule has 0 aliphatic carbocycles. The van der Waals surface area contributed by atoms with Crippen molar-refractivity contribution >= 4 is 0 Å². The zero-order chi connectivity index (χ0) is 12.2. The van der Waals surface area contributed by atoms with E-state index in [-0.39, 0.29) is 11.5 Å². The number of methoxy groups -OCH3 is 2. The maximum Gasteiger partial charge on any atom is 0.0895 e. The van der Waals surface area contributed by atoms with Crippen LogP contribution in [0, 0.1) is 0 Å². The van der Waals surface area contributed by atoms with Crippen LogP contribution < -0.4 is 0 Å². The number of rotatable bonds is 5. The molecule has 0 N–H and O–H groups in total. The molecular weight excluding hydrogens is 188 g/mol. The molecule has 0 spiro atoms. The Morgan fingerprint density at radius 2 is 1.87 bits per heavy atom. The topological polar surface area (TPSA) is 18.5 Å². The van der Waals surface area contributed by atoms with E-state index in [9.17, 15) is 0 Å². The molecule has 0 aliphatic heterocycles. The molecule has 1 aromatic rings. The van der Waals surface area contributed by atoms with Crippen LogP contribution in [0.25, 0.3) is 0 Å². The Labute approximate surface area is 93.6 Å². The molecule has 0 heterocycles. The van der Waals surface area contributed by atoms with Crippen molar-refractivity contribution in [2.24, 2.45) is 0 Å². The van der Waals surface area contributed by atoms with Gasteiger partial charge in [-0.2, -0.15) is 0 Å². The summed E-state index contributed by atoms with van der Waals surface area (Å²) in [6, 6.07) is 10.1. The van der Waals surface area contributed by atoms with Gasteiger partial charge in [0.05, 0.1) is 14.1 Å². The Hall–Kier alpha value is -0.860. The minimum Gasteiger partial charge on any atom is -0.382 e. The zero-order valence-electron chi connectivity index (χ0n) is 10.9. The van der Waals surface area contributed by atoms with Crippen molar-refractivity contribution in [2.75, 3.05) is 20.8 Å². The van der Waals surface area contributed by atoms with E-state index in [0.717, 1.165) is 5.56 Å². The van der Waals surface area contributed by atoms with E-state index in [0.29, 0.717) is 0 Å². The van der Waals surface area contributed by atoms with E-state index in [2.05, 4.69) is 26.0 Å². The molecule has 1 aromatic carbocycles. The highest BCUT2D eigenvalue weighted by Gasteiger charge is 2.31. The predicted molar refractivity (Wildman–Crippen MR) is 62.1 cm³/mol. The summed E-state index contributed by atoms with van der Waals surface area (Å²) in [6.45, 7) is 3.45. The molecule has 0 radical (unpaired) electrons. The highest BCUT2D eigenvalue weighted by atomic mass is 16.5. The van der Waals surface area contributed by atoms with E-state index in [4.69, 9.17) is 10.8 Å². The lowest BCUT2D eigenvalue weighted by Gasteiger charge is -2.33. The van der Waals surface area contributed by atoms with Crippen LogP contribution in [0.5, 0.6) is 0 Å². The molecule has 2 atom stereocenters. The van der Waals surface area contributed by atoms with E-state index in [1.54, 1.807) is 7.11 Å². The van der Waals surface area contributed by atoms with Crippen LogP contribution >= 0.6 is 0 Å². The molecule has 0 saturated carbocycles. The highest BCUT2D eigenvalue weighted by Crippen LogP contribution is 2.28. The first-order valence-corrected chi connectivity index (χ1v) is 5.07. The lowest BCUT2D eigenvalue weighted by atomic mass is 9.79. The third kappa shape index (κ3) is 2.80. The summed E-state index contributed by atoms with van der Waals surface area (Å²) in [4.78, 5) is 0. The lowest BCUT2D eigenvalue weighted by molar-refractivity contribution is -0.0128. The van der Waals surface area contributed by atoms with Gasteiger partial charge in [0.2, 0.25) is 0 Å². The molecule has 0 aromatic heterocycles. The van der Waals surface area contributed by atoms with Crippen molar-refractivity contribution in [2.45, 2.75) is 25.4 Å². The second-order valence-electron chi connectivity index (χ2n) is 4.12. The molecule has 0 bridgehead atoms. The maximum absolute atomic E-state index is 7.84. The van der Waals surface area contributed by atoms with Gasteiger partial charge in [-0.15, -0.1) is 0 Å². The number of ether oxygens (including phenoxy) is 2. The first kappa shape index (κ1) is 10.7. The average molecular weight is 209 g/mol.